The van der Waals surface area contributed by atoms with Crippen LogP contribution in [0.4, 0.5) is 0 Å². The van der Waals surface area contributed by atoms with Gasteiger partial charge in [0.05, 0.1) is 10.6 Å². The lowest BCUT2D eigenvalue weighted by Gasteiger charge is -2.12. The standard InChI is InChI=1S/C12H9BrClNO3/c1-2-3-10(12(17)18)15-11(16)8-6-7(13)4-5-9(8)14/h1,4-6,10H,3H2,(H,15,16)(H,17,18). The third-order valence-corrected chi connectivity index (χ3v) is 2.92. The summed E-state index contributed by atoms with van der Waals surface area (Å²) in [6.07, 6.45) is 4.95. The second kappa shape index (κ2) is 6.43. The molecular formula is C12H9BrClNO3. The number of amides is 1. The number of nitrogens with one attached hydrogen (secondary N) is 1. The molecule has 1 atom stereocenters. The molecule has 0 aliphatic heterocycles. The largest absolute Gasteiger partial charge is 0.480 e. The number of rotatable bonds is 4. The van der Waals surface area contributed by atoms with Crippen molar-refractivity contribution < 1.29 is 14.7 Å². The number of terminal acetylenes is 1. The number of carbonyl (C=O) groups is 2. The molecule has 0 saturated heterocycles. The summed E-state index contributed by atoms with van der Waals surface area (Å²) < 4.78 is 0.667. The number of hydrogen-bond acceptors (Lipinski definition) is 2. The van der Waals surface area contributed by atoms with E-state index in [2.05, 4.69) is 27.2 Å². The number of halogens is 2. The lowest BCUT2D eigenvalue weighted by atomic mass is 10.1. The molecule has 0 bridgehead atoms. The summed E-state index contributed by atoms with van der Waals surface area (Å²) in [6.45, 7) is 0. The van der Waals surface area contributed by atoms with Gasteiger partial charge in [-0.2, -0.15) is 0 Å². The van der Waals surface area contributed by atoms with E-state index in [4.69, 9.17) is 23.1 Å². The number of hydrogen-bond donors (Lipinski definition) is 2. The van der Waals surface area contributed by atoms with Gasteiger partial charge in [-0.05, 0) is 18.2 Å². The SMILES string of the molecule is C#CCC(NC(=O)c1cc(Br)ccc1Cl)C(=O)O. The zero-order chi connectivity index (χ0) is 13.7. The molecule has 0 heterocycles. The van der Waals surface area contributed by atoms with Crippen molar-refractivity contribution in [2.45, 2.75) is 12.5 Å². The molecule has 94 valence electrons. The van der Waals surface area contributed by atoms with Crippen LogP contribution in [0.5, 0.6) is 0 Å². The molecular weight excluding hydrogens is 321 g/mol. The predicted octanol–water partition coefficient (Wildman–Crippen LogP) is 2.31. The number of aliphatic carboxylic acids is 1. The molecule has 6 heteroatoms. The van der Waals surface area contributed by atoms with E-state index in [0.29, 0.717) is 4.47 Å². The van der Waals surface area contributed by atoms with Gasteiger partial charge < -0.3 is 10.4 Å². The summed E-state index contributed by atoms with van der Waals surface area (Å²) in [5, 5.41) is 11.4. The molecule has 0 aliphatic carbocycles. The van der Waals surface area contributed by atoms with E-state index in [1.54, 1.807) is 6.07 Å². The van der Waals surface area contributed by atoms with Crippen molar-refractivity contribution in [1.29, 1.82) is 0 Å². The van der Waals surface area contributed by atoms with Crippen molar-refractivity contribution in [1.82, 2.24) is 5.32 Å². The van der Waals surface area contributed by atoms with Crippen LogP contribution in [0.15, 0.2) is 22.7 Å². The molecule has 0 spiro atoms. The molecule has 1 rings (SSSR count). The predicted molar refractivity (Wildman–Crippen MR) is 71.5 cm³/mol. The lowest BCUT2D eigenvalue weighted by Crippen LogP contribution is -2.40. The summed E-state index contributed by atoms with van der Waals surface area (Å²) in [5.41, 5.74) is 0.189. The first-order valence-electron chi connectivity index (χ1n) is 4.88. The maximum atomic E-state index is 11.9. The Morgan fingerprint density at radius 2 is 2.22 bits per heavy atom. The van der Waals surface area contributed by atoms with Gasteiger partial charge in [-0.25, -0.2) is 4.79 Å². The first-order chi connectivity index (χ1) is 8.45. The Morgan fingerprint density at radius 1 is 1.56 bits per heavy atom. The summed E-state index contributed by atoms with van der Waals surface area (Å²) >= 11 is 9.06. The van der Waals surface area contributed by atoms with Gasteiger partial charge in [0.15, 0.2) is 0 Å². The molecule has 1 aromatic carbocycles. The fraction of sp³-hybridized carbons (Fsp3) is 0.167. The van der Waals surface area contributed by atoms with Crippen LogP contribution in [0.1, 0.15) is 16.8 Å². The maximum Gasteiger partial charge on any atom is 0.327 e. The van der Waals surface area contributed by atoms with Gasteiger partial charge in [-0.3, -0.25) is 4.79 Å². The Kier molecular flexibility index (Phi) is 5.20. The van der Waals surface area contributed by atoms with Crippen LogP contribution in [-0.2, 0) is 4.79 Å². The highest BCUT2D eigenvalue weighted by Crippen LogP contribution is 2.21. The molecule has 2 N–H and O–H groups in total. The van der Waals surface area contributed by atoms with Gasteiger partial charge in [0, 0.05) is 10.9 Å². The van der Waals surface area contributed by atoms with Gasteiger partial charge in [0.1, 0.15) is 6.04 Å². The smallest absolute Gasteiger partial charge is 0.327 e. The maximum absolute atomic E-state index is 11.9. The molecule has 4 nitrogen and oxygen atoms in total. The van der Waals surface area contributed by atoms with E-state index in [0.717, 1.165) is 0 Å². The van der Waals surface area contributed by atoms with E-state index in [-0.39, 0.29) is 17.0 Å². The van der Waals surface area contributed by atoms with Gasteiger partial charge in [-0.15, -0.1) is 12.3 Å². The summed E-state index contributed by atoms with van der Waals surface area (Å²) in [7, 11) is 0. The Bertz CT molecular complexity index is 525. The zero-order valence-corrected chi connectivity index (χ0v) is 11.5. The monoisotopic (exact) mass is 329 g/mol. The van der Waals surface area contributed by atoms with Crippen molar-refractivity contribution in [2.75, 3.05) is 0 Å². The Balaban J connectivity index is 2.91. The minimum absolute atomic E-state index is 0.0906. The molecule has 0 radical (unpaired) electrons. The van der Waals surface area contributed by atoms with Gasteiger partial charge >= 0.3 is 5.97 Å². The third kappa shape index (κ3) is 3.76. The minimum Gasteiger partial charge on any atom is -0.480 e. The highest BCUT2D eigenvalue weighted by Gasteiger charge is 2.20. The van der Waals surface area contributed by atoms with Crippen molar-refractivity contribution in [3.63, 3.8) is 0 Å². The van der Waals surface area contributed by atoms with Crippen LogP contribution in [0.2, 0.25) is 5.02 Å². The molecule has 0 aromatic heterocycles. The van der Waals surface area contributed by atoms with Crippen LogP contribution in [0.25, 0.3) is 0 Å². The molecule has 18 heavy (non-hydrogen) atoms. The summed E-state index contributed by atoms with van der Waals surface area (Å²) in [5.74, 6) is 0.427. The molecule has 0 fully saturated rings. The van der Waals surface area contributed by atoms with Gasteiger partial charge in [0.2, 0.25) is 0 Å². The first kappa shape index (κ1) is 14.6. The Hall–Kier alpha value is -1.51. The fourth-order valence-corrected chi connectivity index (χ4v) is 1.79. The number of carboxylic acids is 1. The van der Waals surface area contributed by atoms with E-state index in [1.807, 2.05) is 0 Å². The van der Waals surface area contributed by atoms with E-state index < -0.39 is 17.9 Å². The number of benzene rings is 1. The van der Waals surface area contributed by atoms with Crippen LogP contribution < -0.4 is 5.32 Å². The normalized spacial score (nSPS) is 11.4. The van der Waals surface area contributed by atoms with Crippen LogP contribution in [0.3, 0.4) is 0 Å². The van der Waals surface area contributed by atoms with Crippen molar-refractivity contribution in [2.24, 2.45) is 0 Å². The number of carbonyl (C=O) groups excluding carboxylic acids is 1. The lowest BCUT2D eigenvalue weighted by molar-refractivity contribution is -0.139. The van der Waals surface area contributed by atoms with Crippen LogP contribution >= 0.6 is 27.5 Å². The molecule has 0 aliphatic rings. The third-order valence-electron chi connectivity index (χ3n) is 2.10. The van der Waals surface area contributed by atoms with Gasteiger partial charge in [-0.1, -0.05) is 27.5 Å². The zero-order valence-electron chi connectivity index (χ0n) is 9.11. The van der Waals surface area contributed by atoms with Crippen molar-refractivity contribution in [3.8, 4) is 12.3 Å². The minimum atomic E-state index is -1.19. The van der Waals surface area contributed by atoms with E-state index in [9.17, 15) is 9.59 Å². The fourth-order valence-electron chi connectivity index (χ4n) is 1.23. The highest BCUT2D eigenvalue weighted by atomic mass is 79.9. The highest BCUT2D eigenvalue weighted by molar-refractivity contribution is 9.10. The van der Waals surface area contributed by atoms with Gasteiger partial charge in [0.25, 0.3) is 5.91 Å². The molecule has 1 unspecified atom stereocenters. The second-order valence-corrected chi connectivity index (χ2v) is 4.72. The molecule has 1 amide bonds. The topological polar surface area (TPSA) is 66.4 Å². The average Bonchev–Trinajstić information content (AvgIpc) is 2.31. The summed E-state index contributed by atoms with van der Waals surface area (Å²) in [4.78, 5) is 22.7. The summed E-state index contributed by atoms with van der Waals surface area (Å²) in [6, 6.07) is 3.59. The van der Waals surface area contributed by atoms with E-state index >= 15 is 0 Å². The second-order valence-electron chi connectivity index (χ2n) is 3.40. The first-order valence-corrected chi connectivity index (χ1v) is 6.05. The molecule has 1 aromatic rings. The Labute approximate surface area is 117 Å². The average molecular weight is 331 g/mol. The van der Waals surface area contributed by atoms with Crippen LogP contribution in [0, 0.1) is 12.3 Å². The van der Waals surface area contributed by atoms with Crippen molar-refractivity contribution >= 4 is 39.4 Å². The molecule has 0 saturated carbocycles. The van der Waals surface area contributed by atoms with Crippen molar-refractivity contribution in [3.05, 3.63) is 33.3 Å². The number of carboxylic acid groups (broad SMARTS) is 1. The van der Waals surface area contributed by atoms with E-state index in [1.165, 1.54) is 12.1 Å². The Morgan fingerprint density at radius 3 is 2.78 bits per heavy atom. The quantitative estimate of drug-likeness (QED) is 0.833. The van der Waals surface area contributed by atoms with Crippen LogP contribution in [-0.4, -0.2) is 23.0 Å².